The van der Waals surface area contributed by atoms with Gasteiger partial charge in [0.2, 0.25) is 0 Å². The predicted octanol–water partition coefficient (Wildman–Crippen LogP) is 4.07. The summed E-state index contributed by atoms with van der Waals surface area (Å²) in [6, 6.07) is 0. The van der Waals surface area contributed by atoms with Gasteiger partial charge in [-0.05, 0) is 32.1 Å². The van der Waals surface area contributed by atoms with Crippen LogP contribution in [0.5, 0.6) is 0 Å². The zero-order valence-electron chi connectivity index (χ0n) is 9.77. The molecule has 0 aliphatic heterocycles. The van der Waals surface area contributed by atoms with Crippen molar-refractivity contribution in [1.29, 1.82) is 0 Å². The Morgan fingerprint density at radius 1 is 1.27 bits per heavy atom. The van der Waals surface area contributed by atoms with Crippen molar-refractivity contribution in [2.24, 2.45) is 11.3 Å². The van der Waals surface area contributed by atoms with Gasteiger partial charge in [-0.1, -0.05) is 12.8 Å². The number of halogens is 2. The molecule has 0 saturated heterocycles. The fraction of sp³-hybridized carbons (Fsp3) is 1.00. The van der Waals surface area contributed by atoms with Crippen molar-refractivity contribution in [3.8, 4) is 0 Å². The van der Waals surface area contributed by atoms with Crippen LogP contribution >= 0.6 is 23.2 Å². The number of hydrogen-bond acceptors (Lipinski definition) is 1. The number of ether oxygens (including phenoxy) is 1. The van der Waals surface area contributed by atoms with Gasteiger partial charge in [-0.25, -0.2) is 0 Å². The van der Waals surface area contributed by atoms with Gasteiger partial charge in [0.15, 0.2) is 0 Å². The molecule has 0 N–H and O–H groups in total. The number of methoxy groups -OCH3 is 1. The van der Waals surface area contributed by atoms with E-state index in [0.29, 0.717) is 17.7 Å². The van der Waals surface area contributed by atoms with E-state index in [0.717, 1.165) is 6.42 Å². The maximum Gasteiger partial charge on any atom is 0.0549 e. The van der Waals surface area contributed by atoms with Crippen molar-refractivity contribution < 1.29 is 4.74 Å². The molecule has 1 fully saturated rings. The lowest BCUT2D eigenvalue weighted by atomic mass is 9.73. The molecule has 90 valence electrons. The van der Waals surface area contributed by atoms with Crippen LogP contribution in [0.15, 0.2) is 0 Å². The predicted molar refractivity (Wildman–Crippen MR) is 66.9 cm³/mol. The standard InChI is InChI=1S/C12H22Cl2O/c1-10(15-2)7-12(8-13,9-14)11-5-3-4-6-11/h10-11H,3-9H2,1-2H3. The van der Waals surface area contributed by atoms with Crippen LogP contribution in [-0.2, 0) is 4.74 Å². The summed E-state index contributed by atoms with van der Waals surface area (Å²) in [5, 5.41) is 0. The van der Waals surface area contributed by atoms with Crippen molar-refractivity contribution in [1.82, 2.24) is 0 Å². The molecule has 0 heterocycles. The molecular formula is C12H22Cl2O. The highest BCUT2D eigenvalue weighted by Gasteiger charge is 2.39. The van der Waals surface area contributed by atoms with E-state index in [-0.39, 0.29) is 11.5 Å². The van der Waals surface area contributed by atoms with E-state index in [1.807, 2.05) is 0 Å². The Labute approximate surface area is 103 Å². The molecule has 0 bridgehead atoms. The Balaban J connectivity index is 2.66. The van der Waals surface area contributed by atoms with E-state index in [9.17, 15) is 0 Å². The zero-order chi connectivity index (χ0) is 11.3. The largest absolute Gasteiger partial charge is 0.382 e. The Hall–Kier alpha value is 0.540. The third kappa shape index (κ3) is 3.25. The Morgan fingerprint density at radius 3 is 2.20 bits per heavy atom. The Kier molecular flexibility index (Phi) is 5.73. The highest BCUT2D eigenvalue weighted by molar-refractivity contribution is 6.21. The minimum absolute atomic E-state index is 0.0923. The molecule has 0 radical (unpaired) electrons. The average Bonchev–Trinajstić information content (AvgIpc) is 2.79. The normalized spacial score (nSPS) is 20.8. The number of hydrogen-bond donors (Lipinski definition) is 0. The average molecular weight is 253 g/mol. The van der Waals surface area contributed by atoms with Gasteiger partial charge in [-0.15, -0.1) is 23.2 Å². The van der Waals surface area contributed by atoms with Gasteiger partial charge in [0.25, 0.3) is 0 Å². The van der Waals surface area contributed by atoms with E-state index in [4.69, 9.17) is 27.9 Å². The van der Waals surface area contributed by atoms with Crippen molar-refractivity contribution in [3.05, 3.63) is 0 Å². The van der Waals surface area contributed by atoms with Gasteiger partial charge in [0.05, 0.1) is 6.10 Å². The fourth-order valence-electron chi connectivity index (χ4n) is 2.72. The fourth-order valence-corrected chi connectivity index (χ4v) is 3.66. The second-order valence-corrected chi connectivity index (χ2v) is 5.40. The maximum atomic E-state index is 6.17. The van der Waals surface area contributed by atoms with Gasteiger partial charge in [-0.2, -0.15) is 0 Å². The van der Waals surface area contributed by atoms with Crippen LogP contribution in [0, 0.1) is 11.3 Å². The van der Waals surface area contributed by atoms with E-state index >= 15 is 0 Å². The van der Waals surface area contributed by atoms with Gasteiger partial charge in [0, 0.05) is 24.3 Å². The molecule has 1 aliphatic carbocycles. The number of rotatable bonds is 6. The van der Waals surface area contributed by atoms with Crippen LogP contribution in [-0.4, -0.2) is 25.0 Å². The highest BCUT2D eigenvalue weighted by atomic mass is 35.5. The first kappa shape index (κ1) is 13.6. The number of alkyl halides is 2. The van der Waals surface area contributed by atoms with Crippen LogP contribution in [0.4, 0.5) is 0 Å². The van der Waals surface area contributed by atoms with Crippen LogP contribution < -0.4 is 0 Å². The lowest BCUT2D eigenvalue weighted by Gasteiger charge is -2.37. The quantitative estimate of drug-likeness (QED) is 0.648. The SMILES string of the molecule is COC(C)CC(CCl)(CCl)C1CCCC1. The lowest BCUT2D eigenvalue weighted by molar-refractivity contribution is 0.0563. The second kappa shape index (κ2) is 6.32. The summed E-state index contributed by atoms with van der Waals surface area (Å²) in [7, 11) is 1.76. The summed E-state index contributed by atoms with van der Waals surface area (Å²) in [5.74, 6) is 2.02. The van der Waals surface area contributed by atoms with Gasteiger partial charge < -0.3 is 4.74 Å². The second-order valence-electron chi connectivity index (χ2n) is 4.86. The Morgan fingerprint density at radius 2 is 1.80 bits per heavy atom. The third-order valence-corrected chi connectivity index (χ3v) is 4.91. The summed E-state index contributed by atoms with van der Waals surface area (Å²) in [5.41, 5.74) is 0.0923. The molecule has 0 aromatic rings. The topological polar surface area (TPSA) is 9.23 Å². The van der Waals surface area contributed by atoms with Crippen LogP contribution in [0.1, 0.15) is 39.0 Å². The highest BCUT2D eigenvalue weighted by Crippen LogP contribution is 2.45. The van der Waals surface area contributed by atoms with Crippen molar-refractivity contribution in [2.75, 3.05) is 18.9 Å². The first-order valence-electron chi connectivity index (χ1n) is 5.83. The molecule has 1 rings (SSSR count). The third-order valence-electron chi connectivity index (χ3n) is 3.85. The van der Waals surface area contributed by atoms with Crippen LogP contribution in [0.2, 0.25) is 0 Å². The molecule has 1 nitrogen and oxygen atoms in total. The van der Waals surface area contributed by atoms with Gasteiger partial charge in [0.1, 0.15) is 0 Å². The summed E-state index contributed by atoms with van der Waals surface area (Å²) in [4.78, 5) is 0. The molecule has 1 aliphatic rings. The summed E-state index contributed by atoms with van der Waals surface area (Å²) < 4.78 is 5.35. The molecule has 1 atom stereocenters. The molecule has 0 spiro atoms. The molecule has 15 heavy (non-hydrogen) atoms. The summed E-state index contributed by atoms with van der Waals surface area (Å²) in [6.45, 7) is 2.10. The maximum absolute atomic E-state index is 6.17. The monoisotopic (exact) mass is 252 g/mol. The smallest absolute Gasteiger partial charge is 0.0549 e. The molecule has 0 amide bonds. The van der Waals surface area contributed by atoms with Crippen molar-refractivity contribution >= 4 is 23.2 Å². The minimum Gasteiger partial charge on any atom is -0.382 e. The van der Waals surface area contributed by atoms with Gasteiger partial charge in [-0.3, -0.25) is 0 Å². The molecule has 1 saturated carbocycles. The van der Waals surface area contributed by atoms with Crippen molar-refractivity contribution in [2.45, 2.75) is 45.1 Å². The minimum atomic E-state index is 0.0923. The van der Waals surface area contributed by atoms with Gasteiger partial charge >= 0.3 is 0 Å². The molecule has 0 aromatic heterocycles. The molecule has 3 heteroatoms. The summed E-state index contributed by atoms with van der Waals surface area (Å²) >= 11 is 12.3. The van der Waals surface area contributed by atoms with Crippen LogP contribution in [0.25, 0.3) is 0 Å². The van der Waals surface area contributed by atoms with Crippen molar-refractivity contribution in [3.63, 3.8) is 0 Å². The van der Waals surface area contributed by atoms with E-state index in [1.165, 1.54) is 25.7 Å². The van der Waals surface area contributed by atoms with E-state index < -0.39 is 0 Å². The zero-order valence-corrected chi connectivity index (χ0v) is 11.3. The van der Waals surface area contributed by atoms with E-state index in [2.05, 4.69) is 6.92 Å². The lowest BCUT2D eigenvalue weighted by Crippen LogP contribution is -2.36. The summed E-state index contributed by atoms with van der Waals surface area (Å²) in [6.07, 6.45) is 6.49. The first-order chi connectivity index (χ1) is 7.18. The van der Waals surface area contributed by atoms with Crippen LogP contribution in [0.3, 0.4) is 0 Å². The Bertz CT molecular complexity index is 174. The molecular weight excluding hydrogens is 231 g/mol. The van der Waals surface area contributed by atoms with E-state index in [1.54, 1.807) is 7.11 Å². The first-order valence-corrected chi connectivity index (χ1v) is 6.90. The molecule has 1 unspecified atom stereocenters. The molecule has 0 aromatic carbocycles.